The summed E-state index contributed by atoms with van der Waals surface area (Å²) in [4.78, 5) is 1.69. The molecule has 1 atom stereocenters. The Bertz CT molecular complexity index is 528. The number of rotatable bonds is 5. The van der Waals surface area contributed by atoms with Gasteiger partial charge in [0, 0.05) is 15.8 Å². The number of hydrogen-bond acceptors (Lipinski definition) is 2. The molecule has 0 aliphatic rings. The van der Waals surface area contributed by atoms with Gasteiger partial charge in [-0.15, -0.1) is 0 Å². The van der Waals surface area contributed by atoms with Gasteiger partial charge in [0.2, 0.25) is 0 Å². The van der Waals surface area contributed by atoms with Gasteiger partial charge in [0.05, 0.1) is 0 Å². The van der Waals surface area contributed by atoms with Crippen molar-refractivity contribution in [3.8, 4) is 0 Å². The maximum Gasteiger partial charge on any atom is 0.137 e. The maximum absolute atomic E-state index is 14.0. The van der Waals surface area contributed by atoms with E-state index in [2.05, 4.69) is 0 Å². The Balaban J connectivity index is 2.11. The molecule has 2 rings (SSSR count). The van der Waals surface area contributed by atoms with Gasteiger partial charge in [0.1, 0.15) is 5.82 Å². The van der Waals surface area contributed by atoms with E-state index in [0.717, 1.165) is 23.3 Å². The molecule has 0 saturated heterocycles. The van der Waals surface area contributed by atoms with Gasteiger partial charge in [-0.25, -0.2) is 4.39 Å². The van der Waals surface area contributed by atoms with Gasteiger partial charge in [0.15, 0.2) is 0 Å². The predicted molar refractivity (Wildman–Crippen MR) is 78.9 cm³/mol. The Hall–Kier alpha value is -1.32. The zero-order chi connectivity index (χ0) is 13.7. The van der Waals surface area contributed by atoms with Crippen LogP contribution in [0.3, 0.4) is 0 Å². The Morgan fingerprint density at radius 3 is 2.53 bits per heavy atom. The third kappa shape index (κ3) is 4.08. The molecular weight excluding hydrogens is 257 g/mol. The topological polar surface area (TPSA) is 26.0 Å². The van der Waals surface area contributed by atoms with E-state index >= 15 is 0 Å². The second-order valence-electron chi connectivity index (χ2n) is 4.55. The fraction of sp³-hybridized carbons (Fsp3) is 0.250. The standard InChI is InChI=1S/C16H18FNS/c1-2-13(18)10-12-8-9-16(15(17)11-12)19-14-6-4-3-5-7-14/h3-9,11,13H,2,10,18H2,1H3. The van der Waals surface area contributed by atoms with Crippen molar-refractivity contribution >= 4 is 11.8 Å². The number of hydrogen-bond donors (Lipinski definition) is 1. The summed E-state index contributed by atoms with van der Waals surface area (Å²) >= 11 is 1.44. The lowest BCUT2D eigenvalue weighted by Gasteiger charge is -2.10. The van der Waals surface area contributed by atoms with Crippen molar-refractivity contribution in [1.82, 2.24) is 0 Å². The Labute approximate surface area is 118 Å². The van der Waals surface area contributed by atoms with E-state index < -0.39 is 0 Å². The average Bonchev–Trinajstić information content (AvgIpc) is 2.43. The number of nitrogens with two attached hydrogens (primary N) is 1. The highest BCUT2D eigenvalue weighted by Gasteiger charge is 2.07. The van der Waals surface area contributed by atoms with Crippen LogP contribution in [0.1, 0.15) is 18.9 Å². The van der Waals surface area contributed by atoms with Gasteiger partial charge in [0.25, 0.3) is 0 Å². The fourth-order valence-corrected chi connectivity index (χ4v) is 2.66. The average molecular weight is 275 g/mol. The van der Waals surface area contributed by atoms with Gasteiger partial charge in [-0.1, -0.05) is 43.0 Å². The lowest BCUT2D eigenvalue weighted by molar-refractivity contribution is 0.593. The summed E-state index contributed by atoms with van der Waals surface area (Å²) in [7, 11) is 0. The molecule has 1 unspecified atom stereocenters. The quantitative estimate of drug-likeness (QED) is 0.882. The van der Waals surface area contributed by atoms with Crippen molar-refractivity contribution in [2.45, 2.75) is 35.6 Å². The molecule has 0 bridgehead atoms. The first-order valence-electron chi connectivity index (χ1n) is 6.46. The molecule has 2 aromatic rings. The summed E-state index contributed by atoms with van der Waals surface area (Å²) < 4.78 is 14.0. The summed E-state index contributed by atoms with van der Waals surface area (Å²) in [5, 5.41) is 0. The molecule has 2 N–H and O–H groups in total. The first-order valence-corrected chi connectivity index (χ1v) is 7.27. The molecule has 1 nitrogen and oxygen atoms in total. The lowest BCUT2D eigenvalue weighted by Crippen LogP contribution is -2.21. The van der Waals surface area contributed by atoms with Crippen LogP contribution in [0.4, 0.5) is 4.39 Å². The second-order valence-corrected chi connectivity index (χ2v) is 5.67. The first-order chi connectivity index (χ1) is 9.19. The molecule has 0 aliphatic carbocycles. The molecule has 0 radical (unpaired) electrons. The van der Waals surface area contributed by atoms with E-state index in [-0.39, 0.29) is 11.9 Å². The van der Waals surface area contributed by atoms with Crippen LogP contribution in [0.5, 0.6) is 0 Å². The monoisotopic (exact) mass is 275 g/mol. The fourth-order valence-electron chi connectivity index (χ4n) is 1.82. The van der Waals surface area contributed by atoms with E-state index in [0.29, 0.717) is 4.90 Å². The molecule has 0 aliphatic heterocycles. The van der Waals surface area contributed by atoms with Crippen molar-refractivity contribution in [2.24, 2.45) is 5.73 Å². The molecule has 3 heteroatoms. The lowest BCUT2D eigenvalue weighted by atomic mass is 10.0. The van der Waals surface area contributed by atoms with E-state index in [1.807, 2.05) is 49.4 Å². The summed E-state index contributed by atoms with van der Waals surface area (Å²) in [5.74, 6) is -0.172. The summed E-state index contributed by atoms with van der Waals surface area (Å²) in [6, 6.07) is 15.3. The molecule has 0 amide bonds. The number of benzene rings is 2. The molecule has 0 saturated carbocycles. The van der Waals surface area contributed by atoms with Crippen LogP contribution in [0, 0.1) is 5.82 Å². The molecule has 100 valence electrons. The third-order valence-electron chi connectivity index (χ3n) is 2.99. The van der Waals surface area contributed by atoms with Crippen molar-refractivity contribution in [3.63, 3.8) is 0 Å². The summed E-state index contributed by atoms with van der Waals surface area (Å²) in [5.41, 5.74) is 6.85. The van der Waals surface area contributed by atoms with Crippen LogP contribution < -0.4 is 5.73 Å². The summed E-state index contributed by atoms with van der Waals surface area (Å²) in [6.45, 7) is 2.04. The normalized spacial score (nSPS) is 12.4. The van der Waals surface area contributed by atoms with Gasteiger partial charge >= 0.3 is 0 Å². The Morgan fingerprint density at radius 2 is 1.89 bits per heavy atom. The van der Waals surface area contributed by atoms with Gasteiger partial charge < -0.3 is 5.73 Å². The molecule has 0 heterocycles. The maximum atomic E-state index is 14.0. The van der Waals surface area contributed by atoms with Crippen molar-refractivity contribution in [3.05, 3.63) is 59.9 Å². The SMILES string of the molecule is CCC(N)Cc1ccc(Sc2ccccc2)c(F)c1. The molecule has 0 fully saturated rings. The van der Waals surface area contributed by atoms with E-state index in [4.69, 9.17) is 5.73 Å². The van der Waals surface area contributed by atoms with Crippen LogP contribution in [0.15, 0.2) is 58.3 Å². The predicted octanol–water partition coefficient (Wildman–Crippen LogP) is 4.26. The van der Waals surface area contributed by atoms with Gasteiger partial charge in [-0.2, -0.15) is 0 Å². The molecular formula is C16H18FNS. The zero-order valence-corrected chi connectivity index (χ0v) is 11.8. The minimum atomic E-state index is -0.172. The second kappa shape index (κ2) is 6.73. The minimum Gasteiger partial charge on any atom is -0.327 e. The largest absolute Gasteiger partial charge is 0.327 e. The van der Waals surface area contributed by atoms with Gasteiger partial charge in [-0.3, -0.25) is 0 Å². The highest BCUT2D eigenvalue weighted by atomic mass is 32.2. The van der Waals surface area contributed by atoms with E-state index in [1.165, 1.54) is 11.8 Å². The Kier molecular flexibility index (Phi) is 5.00. The van der Waals surface area contributed by atoms with E-state index in [1.54, 1.807) is 6.07 Å². The molecule has 19 heavy (non-hydrogen) atoms. The third-order valence-corrected chi connectivity index (χ3v) is 4.05. The molecule has 0 aromatic heterocycles. The van der Waals surface area contributed by atoms with Crippen LogP contribution >= 0.6 is 11.8 Å². The highest BCUT2D eigenvalue weighted by molar-refractivity contribution is 7.99. The Morgan fingerprint density at radius 1 is 1.16 bits per heavy atom. The van der Waals surface area contributed by atoms with Crippen molar-refractivity contribution in [1.29, 1.82) is 0 Å². The van der Waals surface area contributed by atoms with Crippen LogP contribution in [-0.4, -0.2) is 6.04 Å². The van der Waals surface area contributed by atoms with Crippen LogP contribution in [-0.2, 0) is 6.42 Å². The highest BCUT2D eigenvalue weighted by Crippen LogP contribution is 2.30. The summed E-state index contributed by atoms with van der Waals surface area (Å²) in [6.07, 6.45) is 1.63. The smallest absolute Gasteiger partial charge is 0.137 e. The minimum absolute atomic E-state index is 0.104. The van der Waals surface area contributed by atoms with Crippen molar-refractivity contribution < 1.29 is 4.39 Å². The van der Waals surface area contributed by atoms with Crippen molar-refractivity contribution in [2.75, 3.05) is 0 Å². The first kappa shape index (κ1) is 14.1. The zero-order valence-electron chi connectivity index (χ0n) is 11.0. The van der Waals surface area contributed by atoms with Crippen LogP contribution in [0.25, 0.3) is 0 Å². The molecule has 0 spiro atoms. The van der Waals surface area contributed by atoms with Crippen LogP contribution in [0.2, 0.25) is 0 Å². The van der Waals surface area contributed by atoms with E-state index in [9.17, 15) is 4.39 Å². The molecule has 2 aromatic carbocycles. The number of halogens is 1. The van der Waals surface area contributed by atoms with Gasteiger partial charge in [-0.05, 0) is 42.7 Å².